The highest BCUT2D eigenvalue weighted by molar-refractivity contribution is 5.82. The Morgan fingerprint density at radius 3 is 2.33 bits per heavy atom. The molecule has 0 unspecified atom stereocenters. The summed E-state index contributed by atoms with van der Waals surface area (Å²) in [5, 5.41) is 12.8. The third-order valence-electron chi connectivity index (χ3n) is 7.78. The number of carbonyl (C=O) groups excluding carboxylic acids is 1. The molecule has 1 amide bonds. The number of hydrogen-bond acceptors (Lipinski definition) is 5. The summed E-state index contributed by atoms with van der Waals surface area (Å²) >= 11 is 0. The minimum atomic E-state index is -4.41. The number of halogens is 3. The van der Waals surface area contributed by atoms with Gasteiger partial charge in [-0.15, -0.1) is 0 Å². The van der Waals surface area contributed by atoms with E-state index in [2.05, 4.69) is 21.2 Å². The zero-order valence-corrected chi connectivity index (χ0v) is 22.1. The molecule has 0 spiro atoms. The van der Waals surface area contributed by atoms with E-state index in [4.69, 9.17) is 0 Å². The van der Waals surface area contributed by atoms with Gasteiger partial charge < -0.3 is 15.1 Å². The summed E-state index contributed by atoms with van der Waals surface area (Å²) in [6.07, 6.45) is -3.89. The predicted molar refractivity (Wildman–Crippen MR) is 147 cm³/mol. The van der Waals surface area contributed by atoms with Gasteiger partial charge in [-0.1, -0.05) is 60.7 Å². The fourth-order valence-corrected chi connectivity index (χ4v) is 5.73. The molecule has 6 nitrogen and oxygen atoms in total. The number of likely N-dealkylation sites (tertiary alicyclic amines) is 1. The van der Waals surface area contributed by atoms with Crippen molar-refractivity contribution in [2.75, 3.05) is 37.6 Å². The number of para-hydroxylation sites is 1. The van der Waals surface area contributed by atoms with Crippen molar-refractivity contribution in [3.05, 3.63) is 101 Å². The Balaban J connectivity index is 1.27. The van der Waals surface area contributed by atoms with E-state index in [9.17, 15) is 23.2 Å². The third-order valence-corrected chi connectivity index (χ3v) is 7.78. The molecule has 0 bridgehead atoms. The molecule has 0 saturated carbocycles. The van der Waals surface area contributed by atoms with Crippen molar-refractivity contribution in [1.29, 1.82) is 5.26 Å². The van der Waals surface area contributed by atoms with Gasteiger partial charge in [0.1, 0.15) is 6.07 Å². The highest BCUT2D eigenvalue weighted by Crippen LogP contribution is 2.32. The molecule has 2 saturated heterocycles. The maximum Gasteiger partial charge on any atom is 0.416 e. The van der Waals surface area contributed by atoms with E-state index in [1.165, 1.54) is 12.1 Å². The number of carbonyl (C=O) groups is 1. The zero-order chi connectivity index (χ0) is 28.1. The fourth-order valence-electron chi connectivity index (χ4n) is 5.73. The Hall–Kier alpha value is -3.87. The molecule has 5 rings (SSSR count). The number of nitrogens with one attached hydrogen (secondary N) is 1. The molecule has 9 heteroatoms. The topological polar surface area (TPSA) is 62.6 Å². The van der Waals surface area contributed by atoms with Gasteiger partial charge in [-0.25, -0.2) is 0 Å². The molecule has 40 heavy (non-hydrogen) atoms. The van der Waals surface area contributed by atoms with E-state index in [1.54, 1.807) is 12.1 Å². The number of amides is 1. The van der Waals surface area contributed by atoms with E-state index >= 15 is 0 Å². The number of piperazine rings is 1. The Bertz CT molecular complexity index is 1350. The standard InChI is InChI=1S/C31H32F3N5O/c32-31(33,34)27-12-6-4-11-25(27)20-36-26-18-29(39(22-26)21-23-8-2-1-3-9-23)30(40)38-16-14-37(15-17-38)28-13-7-5-10-24(28)19-35/h1-13,26,29,36H,14-18,20-22H2/t26-,29-/m0/s1. The van der Waals surface area contributed by atoms with Crippen LogP contribution in [0.5, 0.6) is 0 Å². The second-order valence-corrected chi connectivity index (χ2v) is 10.3. The second-order valence-electron chi connectivity index (χ2n) is 10.3. The largest absolute Gasteiger partial charge is 0.416 e. The minimum Gasteiger partial charge on any atom is -0.367 e. The van der Waals surface area contributed by atoms with E-state index in [0.29, 0.717) is 51.3 Å². The molecule has 208 valence electrons. The quantitative estimate of drug-likeness (QED) is 0.466. The smallest absolute Gasteiger partial charge is 0.367 e. The van der Waals surface area contributed by atoms with Gasteiger partial charge in [0.2, 0.25) is 5.91 Å². The number of rotatable bonds is 7. The van der Waals surface area contributed by atoms with Crippen molar-refractivity contribution in [1.82, 2.24) is 15.1 Å². The van der Waals surface area contributed by atoms with E-state index in [0.717, 1.165) is 17.3 Å². The first-order valence-electron chi connectivity index (χ1n) is 13.5. The van der Waals surface area contributed by atoms with Crippen LogP contribution in [0.1, 0.15) is 28.7 Å². The lowest BCUT2D eigenvalue weighted by Crippen LogP contribution is -2.53. The number of alkyl halides is 3. The van der Waals surface area contributed by atoms with Crippen molar-refractivity contribution >= 4 is 11.6 Å². The van der Waals surface area contributed by atoms with Gasteiger partial charge in [0, 0.05) is 51.9 Å². The molecular weight excluding hydrogens is 515 g/mol. The van der Waals surface area contributed by atoms with Crippen LogP contribution in [0.4, 0.5) is 18.9 Å². The first-order chi connectivity index (χ1) is 19.3. The predicted octanol–water partition coefficient (Wildman–Crippen LogP) is 4.66. The SMILES string of the molecule is N#Cc1ccccc1N1CCN(C(=O)[C@@H]2C[C@H](NCc3ccccc3C(F)(F)F)CN2Cc2ccccc2)CC1. The van der Waals surface area contributed by atoms with Crippen molar-refractivity contribution in [2.45, 2.75) is 37.8 Å². The average Bonchev–Trinajstić information content (AvgIpc) is 3.38. The summed E-state index contributed by atoms with van der Waals surface area (Å²) in [7, 11) is 0. The van der Waals surface area contributed by atoms with Gasteiger partial charge >= 0.3 is 6.18 Å². The van der Waals surface area contributed by atoms with Crippen LogP contribution in [0.15, 0.2) is 78.9 Å². The summed E-state index contributed by atoms with van der Waals surface area (Å²) in [6, 6.07) is 24.8. The molecule has 2 aliphatic heterocycles. The fraction of sp³-hybridized carbons (Fsp3) is 0.355. The van der Waals surface area contributed by atoms with Gasteiger partial charge in [-0.3, -0.25) is 9.69 Å². The van der Waals surface area contributed by atoms with Gasteiger partial charge in [-0.05, 0) is 35.7 Å². The summed E-state index contributed by atoms with van der Waals surface area (Å²) in [4.78, 5) is 20.0. The first kappa shape index (κ1) is 27.7. The van der Waals surface area contributed by atoms with Crippen LogP contribution in [-0.2, 0) is 24.1 Å². The Morgan fingerprint density at radius 1 is 0.925 bits per heavy atom. The Morgan fingerprint density at radius 2 is 1.60 bits per heavy atom. The van der Waals surface area contributed by atoms with Crippen LogP contribution in [0.25, 0.3) is 0 Å². The number of anilines is 1. The highest BCUT2D eigenvalue weighted by Gasteiger charge is 2.40. The molecule has 3 aromatic carbocycles. The molecule has 2 aliphatic rings. The second kappa shape index (κ2) is 12.1. The molecular formula is C31H32F3N5O. The Kier molecular flexibility index (Phi) is 8.38. The molecule has 0 aliphatic carbocycles. The van der Waals surface area contributed by atoms with E-state index in [1.807, 2.05) is 53.4 Å². The number of hydrogen-bond donors (Lipinski definition) is 1. The molecule has 2 atom stereocenters. The van der Waals surface area contributed by atoms with Crippen LogP contribution in [0, 0.1) is 11.3 Å². The van der Waals surface area contributed by atoms with Crippen LogP contribution in [-0.4, -0.2) is 60.5 Å². The summed E-state index contributed by atoms with van der Waals surface area (Å²) in [5.74, 6) is 0.0455. The van der Waals surface area contributed by atoms with Crippen molar-refractivity contribution in [3.63, 3.8) is 0 Å². The molecule has 2 heterocycles. The van der Waals surface area contributed by atoms with Gasteiger partial charge in [-0.2, -0.15) is 18.4 Å². The van der Waals surface area contributed by atoms with Gasteiger partial charge in [0.25, 0.3) is 0 Å². The molecule has 3 aromatic rings. The summed E-state index contributed by atoms with van der Waals surface area (Å²) in [5.41, 5.74) is 2.15. The number of nitrogens with zero attached hydrogens (tertiary/aromatic N) is 4. The Labute approximate surface area is 232 Å². The van der Waals surface area contributed by atoms with Crippen molar-refractivity contribution < 1.29 is 18.0 Å². The van der Waals surface area contributed by atoms with Crippen LogP contribution < -0.4 is 10.2 Å². The zero-order valence-electron chi connectivity index (χ0n) is 22.1. The highest BCUT2D eigenvalue weighted by atomic mass is 19.4. The molecule has 1 N–H and O–H groups in total. The maximum absolute atomic E-state index is 13.8. The van der Waals surface area contributed by atoms with Gasteiger partial charge in [0.15, 0.2) is 0 Å². The minimum absolute atomic E-state index is 0.0455. The van der Waals surface area contributed by atoms with Crippen molar-refractivity contribution in [2.24, 2.45) is 0 Å². The normalized spacial score (nSPS) is 19.9. The lowest BCUT2D eigenvalue weighted by molar-refractivity contribution is -0.138. The summed E-state index contributed by atoms with van der Waals surface area (Å²) < 4.78 is 40.5. The molecule has 0 radical (unpaired) electrons. The van der Waals surface area contributed by atoms with Crippen LogP contribution >= 0.6 is 0 Å². The van der Waals surface area contributed by atoms with E-state index < -0.39 is 11.7 Å². The number of benzene rings is 3. The summed E-state index contributed by atoms with van der Waals surface area (Å²) in [6.45, 7) is 3.59. The van der Waals surface area contributed by atoms with Gasteiger partial charge in [0.05, 0.1) is 22.9 Å². The third kappa shape index (κ3) is 6.30. The van der Waals surface area contributed by atoms with Crippen molar-refractivity contribution in [3.8, 4) is 6.07 Å². The molecule has 2 fully saturated rings. The van der Waals surface area contributed by atoms with E-state index in [-0.39, 0.29) is 30.1 Å². The average molecular weight is 548 g/mol. The van der Waals surface area contributed by atoms with Crippen LogP contribution in [0.2, 0.25) is 0 Å². The lowest BCUT2D eigenvalue weighted by atomic mass is 10.1. The maximum atomic E-state index is 13.8. The molecule has 0 aromatic heterocycles. The monoisotopic (exact) mass is 547 g/mol. The lowest BCUT2D eigenvalue weighted by Gasteiger charge is -2.38. The van der Waals surface area contributed by atoms with Crippen LogP contribution in [0.3, 0.4) is 0 Å². The first-order valence-corrected chi connectivity index (χ1v) is 13.5. The number of nitriles is 1.